The van der Waals surface area contributed by atoms with Crippen LogP contribution in [0, 0.1) is 0 Å². The van der Waals surface area contributed by atoms with Gasteiger partial charge in [0.05, 0.1) is 12.2 Å². The molecule has 0 saturated heterocycles. The molecule has 23 heavy (non-hydrogen) atoms. The summed E-state index contributed by atoms with van der Waals surface area (Å²) < 4.78 is 6.86. The van der Waals surface area contributed by atoms with Crippen LogP contribution >= 0.6 is 0 Å². The van der Waals surface area contributed by atoms with E-state index in [1.807, 2.05) is 23.0 Å². The second-order valence-electron chi connectivity index (χ2n) is 5.31. The van der Waals surface area contributed by atoms with Gasteiger partial charge in [0.15, 0.2) is 5.82 Å². The van der Waals surface area contributed by atoms with Crippen molar-refractivity contribution < 1.29 is 4.74 Å². The summed E-state index contributed by atoms with van der Waals surface area (Å²) in [5.74, 6) is 0.648. The molecule has 7 nitrogen and oxygen atoms in total. The lowest BCUT2D eigenvalue weighted by molar-refractivity contribution is 0.178. The van der Waals surface area contributed by atoms with E-state index in [1.165, 1.54) is 5.56 Å². The van der Waals surface area contributed by atoms with Gasteiger partial charge in [-0.15, -0.1) is 5.10 Å². The van der Waals surface area contributed by atoms with Crippen LogP contribution in [0.4, 0.5) is 0 Å². The third kappa shape index (κ3) is 3.75. The Labute approximate surface area is 134 Å². The Morgan fingerprint density at radius 3 is 2.61 bits per heavy atom. The minimum atomic E-state index is 0.201. The van der Waals surface area contributed by atoms with E-state index >= 15 is 0 Å². The summed E-state index contributed by atoms with van der Waals surface area (Å²) >= 11 is 0. The van der Waals surface area contributed by atoms with E-state index in [9.17, 15) is 0 Å². The Kier molecular flexibility index (Phi) is 4.68. The molecule has 1 atom stereocenters. The fourth-order valence-electron chi connectivity index (χ4n) is 2.27. The summed E-state index contributed by atoms with van der Waals surface area (Å²) in [4.78, 5) is 12.5. The highest BCUT2D eigenvalue weighted by molar-refractivity contribution is 5.54. The van der Waals surface area contributed by atoms with E-state index in [0.29, 0.717) is 12.4 Å². The molecule has 0 bridgehead atoms. The third-order valence-electron chi connectivity index (χ3n) is 3.52. The van der Waals surface area contributed by atoms with Crippen LogP contribution in [0.15, 0.2) is 43.1 Å². The second kappa shape index (κ2) is 7.06. The minimum absolute atomic E-state index is 0.201. The zero-order valence-corrected chi connectivity index (χ0v) is 13.1. The number of rotatable bonds is 6. The summed E-state index contributed by atoms with van der Waals surface area (Å²) in [6, 6.07) is 4.22. The van der Waals surface area contributed by atoms with Crippen molar-refractivity contribution in [3.63, 3.8) is 0 Å². The van der Waals surface area contributed by atoms with Gasteiger partial charge in [-0.05, 0) is 31.0 Å². The Balaban J connectivity index is 1.72. The Hall–Kier alpha value is -2.67. The molecule has 0 aliphatic carbocycles. The molecule has 1 unspecified atom stereocenters. The van der Waals surface area contributed by atoms with Gasteiger partial charge in [0.2, 0.25) is 0 Å². The topological polar surface area (TPSA) is 78.6 Å². The smallest absolute Gasteiger partial charge is 0.153 e. The Bertz CT molecular complexity index is 741. The lowest BCUT2D eigenvalue weighted by Gasteiger charge is -2.10. The molecule has 0 saturated carbocycles. The fraction of sp³-hybridized carbons (Fsp3) is 0.312. The van der Waals surface area contributed by atoms with Gasteiger partial charge >= 0.3 is 0 Å². The van der Waals surface area contributed by atoms with Crippen molar-refractivity contribution in [2.75, 3.05) is 7.11 Å². The monoisotopic (exact) mass is 310 g/mol. The summed E-state index contributed by atoms with van der Waals surface area (Å²) in [5, 5.41) is 8.43. The molecule has 118 valence electrons. The maximum atomic E-state index is 5.00. The summed E-state index contributed by atoms with van der Waals surface area (Å²) in [5.41, 5.74) is 2.82. The highest BCUT2D eigenvalue weighted by atomic mass is 16.5. The quantitative estimate of drug-likeness (QED) is 0.693. The molecule has 3 rings (SSSR count). The zero-order chi connectivity index (χ0) is 16.1. The second-order valence-corrected chi connectivity index (χ2v) is 5.31. The van der Waals surface area contributed by atoms with Crippen LogP contribution in [-0.4, -0.2) is 37.1 Å². The van der Waals surface area contributed by atoms with E-state index in [-0.39, 0.29) is 6.04 Å². The number of ether oxygens (including phenoxy) is 1. The first-order valence-electron chi connectivity index (χ1n) is 7.37. The van der Waals surface area contributed by atoms with Crippen LogP contribution in [-0.2, 0) is 17.8 Å². The molecule has 3 aromatic heterocycles. The number of pyridine rings is 1. The number of aromatic nitrogens is 6. The van der Waals surface area contributed by atoms with Crippen molar-refractivity contribution >= 4 is 0 Å². The number of nitrogens with zero attached hydrogens (tertiary/aromatic N) is 6. The molecule has 7 heteroatoms. The van der Waals surface area contributed by atoms with Crippen molar-refractivity contribution in [2.24, 2.45) is 0 Å². The highest BCUT2D eigenvalue weighted by Gasteiger charge is 2.11. The largest absolute Gasteiger partial charge is 0.377 e. The maximum absolute atomic E-state index is 5.00. The van der Waals surface area contributed by atoms with E-state index in [4.69, 9.17) is 4.74 Å². The van der Waals surface area contributed by atoms with Crippen LogP contribution in [0.1, 0.15) is 24.4 Å². The summed E-state index contributed by atoms with van der Waals surface area (Å²) in [6.45, 7) is 2.51. The standard InChI is InChI=1S/C16H18N6O/c1-12(7-13-3-5-17-6-4-13)22-10-15(20-21-22)14-8-18-16(11-23-2)19-9-14/h3-6,8-10,12H,7,11H2,1-2H3. The molecular formula is C16H18N6O. The Morgan fingerprint density at radius 2 is 1.91 bits per heavy atom. The Morgan fingerprint density at radius 1 is 1.17 bits per heavy atom. The van der Waals surface area contributed by atoms with E-state index in [0.717, 1.165) is 17.7 Å². The fourth-order valence-corrected chi connectivity index (χ4v) is 2.27. The van der Waals surface area contributed by atoms with Crippen LogP contribution in [0.5, 0.6) is 0 Å². The van der Waals surface area contributed by atoms with E-state index in [1.54, 1.807) is 31.9 Å². The van der Waals surface area contributed by atoms with Gasteiger partial charge in [0.1, 0.15) is 12.3 Å². The summed E-state index contributed by atoms with van der Waals surface area (Å²) in [6.07, 6.45) is 9.86. The van der Waals surface area contributed by atoms with Crippen LogP contribution in [0.3, 0.4) is 0 Å². The number of hydrogen-bond donors (Lipinski definition) is 0. The molecule has 0 amide bonds. The van der Waals surface area contributed by atoms with Gasteiger partial charge in [-0.2, -0.15) is 0 Å². The van der Waals surface area contributed by atoms with Gasteiger partial charge in [-0.25, -0.2) is 14.6 Å². The van der Waals surface area contributed by atoms with Gasteiger partial charge in [-0.1, -0.05) is 5.21 Å². The molecule has 3 aromatic rings. The van der Waals surface area contributed by atoms with Crippen molar-refractivity contribution in [1.82, 2.24) is 29.9 Å². The summed E-state index contributed by atoms with van der Waals surface area (Å²) in [7, 11) is 1.62. The molecule has 0 aliphatic rings. The van der Waals surface area contributed by atoms with Crippen LogP contribution in [0.25, 0.3) is 11.3 Å². The maximum Gasteiger partial charge on any atom is 0.153 e. The van der Waals surface area contributed by atoms with Crippen LogP contribution < -0.4 is 0 Å². The van der Waals surface area contributed by atoms with Crippen molar-refractivity contribution in [3.05, 3.63) is 54.5 Å². The third-order valence-corrected chi connectivity index (χ3v) is 3.52. The van der Waals surface area contributed by atoms with Crippen molar-refractivity contribution in [2.45, 2.75) is 26.0 Å². The predicted octanol–water partition coefficient (Wildman–Crippen LogP) is 2.08. The molecular weight excluding hydrogens is 292 g/mol. The minimum Gasteiger partial charge on any atom is -0.377 e. The van der Waals surface area contributed by atoms with E-state index < -0.39 is 0 Å². The van der Waals surface area contributed by atoms with Gasteiger partial charge in [0.25, 0.3) is 0 Å². The zero-order valence-electron chi connectivity index (χ0n) is 13.1. The number of methoxy groups -OCH3 is 1. The van der Waals surface area contributed by atoms with Gasteiger partial charge in [-0.3, -0.25) is 4.98 Å². The molecule has 0 spiro atoms. The normalized spacial score (nSPS) is 12.3. The average Bonchev–Trinajstić information content (AvgIpc) is 3.07. The SMILES string of the molecule is COCc1ncc(-c2cn(C(C)Cc3ccncc3)nn2)cn1. The van der Waals surface area contributed by atoms with Crippen molar-refractivity contribution in [1.29, 1.82) is 0 Å². The molecule has 0 aromatic carbocycles. The van der Waals surface area contributed by atoms with Crippen molar-refractivity contribution in [3.8, 4) is 11.3 Å². The average molecular weight is 310 g/mol. The van der Waals surface area contributed by atoms with Gasteiger partial charge in [0, 0.05) is 37.5 Å². The molecule has 0 radical (unpaired) electrons. The van der Waals surface area contributed by atoms with Gasteiger partial charge < -0.3 is 4.74 Å². The highest BCUT2D eigenvalue weighted by Crippen LogP contribution is 2.18. The molecule has 0 N–H and O–H groups in total. The first-order valence-corrected chi connectivity index (χ1v) is 7.37. The van der Waals surface area contributed by atoms with E-state index in [2.05, 4.69) is 32.2 Å². The molecule has 0 fully saturated rings. The number of hydrogen-bond acceptors (Lipinski definition) is 6. The molecule has 0 aliphatic heterocycles. The first-order chi connectivity index (χ1) is 11.3. The lowest BCUT2D eigenvalue weighted by atomic mass is 10.1. The molecule has 3 heterocycles. The van der Waals surface area contributed by atoms with Crippen LogP contribution in [0.2, 0.25) is 0 Å². The first kappa shape index (κ1) is 15.2. The predicted molar refractivity (Wildman–Crippen MR) is 84.4 cm³/mol. The lowest BCUT2D eigenvalue weighted by Crippen LogP contribution is -2.09.